The van der Waals surface area contributed by atoms with Gasteiger partial charge in [-0.2, -0.15) is 14.6 Å². The maximum absolute atomic E-state index is 14.3. The Balaban J connectivity index is 1.41. The van der Waals surface area contributed by atoms with Crippen LogP contribution < -0.4 is 5.32 Å². The molecular formula is C25H22F3N7. The smallest absolute Gasteiger partial charge is 0.228 e. The molecule has 35 heavy (non-hydrogen) atoms. The Bertz CT molecular complexity index is 1590. The van der Waals surface area contributed by atoms with Crippen molar-refractivity contribution < 1.29 is 13.2 Å². The molecule has 10 heteroatoms. The third kappa shape index (κ3) is 3.69. The molecule has 5 aromatic rings. The molecule has 0 aliphatic heterocycles. The van der Waals surface area contributed by atoms with Crippen LogP contribution in [0.3, 0.4) is 0 Å². The Morgan fingerprint density at radius 3 is 2.71 bits per heavy atom. The summed E-state index contributed by atoms with van der Waals surface area (Å²) in [6.45, 7) is 4.10. The van der Waals surface area contributed by atoms with Crippen LogP contribution in [0.1, 0.15) is 43.0 Å². The van der Waals surface area contributed by atoms with Gasteiger partial charge in [-0.25, -0.2) is 18.2 Å². The van der Waals surface area contributed by atoms with Crippen LogP contribution in [0.4, 0.5) is 19.1 Å². The zero-order chi connectivity index (χ0) is 24.3. The van der Waals surface area contributed by atoms with Gasteiger partial charge < -0.3 is 10.3 Å². The molecule has 1 atom stereocenters. The number of aryl methyl sites for hydroxylation is 1. The minimum atomic E-state index is -0.601. The highest BCUT2D eigenvalue weighted by molar-refractivity contribution is 5.85. The minimum absolute atomic E-state index is 0.0592. The van der Waals surface area contributed by atoms with E-state index in [0.29, 0.717) is 46.7 Å². The summed E-state index contributed by atoms with van der Waals surface area (Å²) in [5.41, 5.74) is 4.17. The summed E-state index contributed by atoms with van der Waals surface area (Å²) >= 11 is 0. The van der Waals surface area contributed by atoms with Gasteiger partial charge in [0.15, 0.2) is 11.5 Å². The van der Waals surface area contributed by atoms with Gasteiger partial charge >= 0.3 is 0 Å². The molecule has 4 aromatic heterocycles. The van der Waals surface area contributed by atoms with E-state index in [-0.39, 0.29) is 12.0 Å². The van der Waals surface area contributed by atoms with Crippen molar-refractivity contribution in [3.63, 3.8) is 0 Å². The van der Waals surface area contributed by atoms with Crippen molar-refractivity contribution in [2.45, 2.75) is 45.1 Å². The van der Waals surface area contributed by atoms with Crippen molar-refractivity contribution in [3.05, 3.63) is 71.1 Å². The molecule has 7 nitrogen and oxygen atoms in total. The van der Waals surface area contributed by atoms with Gasteiger partial charge in [0, 0.05) is 40.5 Å². The monoisotopic (exact) mass is 477 g/mol. The van der Waals surface area contributed by atoms with Crippen LogP contribution in [0.2, 0.25) is 0 Å². The summed E-state index contributed by atoms with van der Waals surface area (Å²) < 4.78 is 43.8. The first-order valence-corrected chi connectivity index (χ1v) is 11.5. The molecule has 0 saturated heterocycles. The lowest BCUT2D eigenvalue weighted by molar-refractivity contribution is 0.591. The van der Waals surface area contributed by atoms with E-state index in [0.717, 1.165) is 35.5 Å². The molecule has 178 valence electrons. The van der Waals surface area contributed by atoms with E-state index in [2.05, 4.69) is 30.4 Å². The van der Waals surface area contributed by atoms with E-state index >= 15 is 0 Å². The number of hydrogen-bond acceptors (Lipinski definition) is 5. The molecule has 0 radical (unpaired) electrons. The molecule has 1 aliphatic carbocycles. The second-order valence-corrected chi connectivity index (χ2v) is 9.23. The third-order valence-electron chi connectivity index (χ3n) is 6.53. The van der Waals surface area contributed by atoms with Crippen LogP contribution in [-0.2, 0) is 12.8 Å². The lowest BCUT2D eigenvalue weighted by atomic mass is 9.91. The number of aromatic nitrogens is 6. The zero-order valence-electron chi connectivity index (χ0n) is 19.1. The average molecular weight is 477 g/mol. The normalized spacial score (nSPS) is 15.8. The van der Waals surface area contributed by atoms with E-state index in [4.69, 9.17) is 0 Å². The standard InChI is InChI=1S/C25H22F3N7/c1-12(2)19-11-30-35-24(19)33-23(13-5-15(27)10-29-9-13)34-25(35)31-16-3-4-21-17(8-16)18-6-14(26)7-20(28)22(18)32-21/h5-7,9-12,16,32H,3-4,8H2,1-2H3,(H,31,33,34). The molecule has 0 bridgehead atoms. The number of halogens is 3. The fourth-order valence-electron chi connectivity index (χ4n) is 4.81. The average Bonchev–Trinajstić information content (AvgIpc) is 3.41. The fraction of sp³-hybridized carbons (Fsp3) is 0.280. The van der Waals surface area contributed by atoms with Crippen LogP contribution in [0.15, 0.2) is 36.8 Å². The highest BCUT2D eigenvalue weighted by Gasteiger charge is 2.26. The van der Waals surface area contributed by atoms with E-state index in [9.17, 15) is 13.2 Å². The number of anilines is 1. The quantitative estimate of drug-likeness (QED) is 0.373. The van der Waals surface area contributed by atoms with Crippen molar-refractivity contribution >= 4 is 22.5 Å². The SMILES string of the molecule is CC(C)c1cnn2c(NC3CCc4[nH]c5c(F)cc(F)cc5c4C3)nc(-c3cncc(F)c3)nc12. The fourth-order valence-corrected chi connectivity index (χ4v) is 4.81. The van der Waals surface area contributed by atoms with Gasteiger partial charge in [0.05, 0.1) is 17.9 Å². The Hall–Kier alpha value is -3.95. The lowest BCUT2D eigenvalue weighted by Crippen LogP contribution is -2.29. The number of benzene rings is 1. The van der Waals surface area contributed by atoms with Crippen molar-refractivity contribution in [2.24, 2.45) is 0 Å². The number of hydrogen-bond donors (Lipinski definition) is 2. The molecule has 1 aliphatic rings. The van der Waals surface area contributed by atoms with Gasteiger partial charge in [-0.1, -0.05) is 13.8 Å². The van der Waals surface area contributed by atoms with Crippen LogP contribution >= 0.6 is 0 Å². The summed E-state index contributed by atoms with van der Waals surface area (Å²) in [6.07, 6.45) is 6.40. The number of H-pyrrole nitrogens is 1. The Morgan fingerprint density at radius 1 is 1.06 bits per heavy atom. The molecule has 0 amide bonds. The zero-order valence-corrected chi connectivity index (χ0v) is 19.1. The number of rotatable bonds is 4. The molecular weight excluding hydrogens is 455 g/mol. The van der Waals surface area contributed by atoms with Crippen LogP contribution in [0.5, 0.6) is 0 Å². The molecule has 6 rings (SSSR count). The Labute approximate surface area is 198 Å². The van der Waals surface area contributed by atoms with Gasteiger partial charge in [-0.15, -0.1) is 0 Å². The van der Waals surface area contributed by atoms with Gasteiger partial charge in [-0.3, -0.25) is 4.98 Å². The first kappa shape index (κ1) is 21.6. The Kier molecular flexibility index (Phi) is 4.98. The van der Waals surface area contributed by atoms with Crippen LogP contribution in [-0.4, -0.2) is 35.6 Å². The molecule has 0 spiro atoms. The highest BCUT2D eigenvalue weighted by Crippen LogP contribution is 2.33. The second-order valence-electron chi connectivity index (χ2n) is 9.23. The third-order valence-corrected chi connectivity index (χ3v) is 6.53. The highest BCUT2D eigenvalue weighted by atomic mass is 19.1. The molecule has 2 N–H and O–H groups in total. The molecule has 0 fully saturated rings. The summed E-state index contributed by atoms with van der Waals surface area (Å²) in [7, 11) is 0. The molecule has 4 heterocycles. The van der Waals surface area contributed by atoms with Crippen LogP contribution in [0.25, 0.3) is 27.9 Å². The van der Waals surface area contributed by atoms with Crippen LogP contribution in [0, 0.1) is 17.5 Å². The first-order valence-electron chi connectivity index (χ1n) is 11.5. The van der Waals surface area contributed by atoms with Gasteiger partial charge in [-0.05, 0) is 42.9 Å². The topological polar surface area (TPSA) is 83.8 Å². The van der Waals surface area contributed by atoms with Gasteiger partial charge in [0.2, 0.25) is 5.95 Å². The molecule has 0 saturated carbocycles. The van der Waals surface area contributed by atoms with Gasteiger partial charge in [0.1, 0.15) is 17.5 Å². The minimum Gasteiger partial charge on any atom is -0.356 e. The maximum Gasteiger partial charge on any atom is 0.228 e. The number of nitrogens with zero attached hydrogens (tertiary/aromatic N) is 5. The largest absolute Gasteiger partial charge is 0.356 e. The summed E-state index contributed by atoms with van der Waals surface area (Å²) in [5, 5.41) is 8.52. The predicted molar refractivity (Wildman–Crippen MR) is 126 cm³/mol. The number of nitrogens with one attached hydrogen (secondary N) is 2. The first-order chi connectivity index (χ1) is 16.9. The second kappa shape index (κ2) is 8.07. The molecule has 1 unspecified atom stereocenters. The Morgan fingerprint density at radius 2 is 1.91 bits per heavy atom. The maximum atomic E-state index is 14.3. The lowest BCUT2D eigenvalue weighted by Gasteiger charge is -2.24. The number of pyridine rings is 1. The predicted octanol–water partition coefficient (Wildman–Crippen LogP) is 5.18. The summed E-state index contributed by atoms with van der Waals surface area (Å²) in [6, 6.07) is 3.55. The number of aromatic amines is 1. The van der Waals surface area contributed by atoms with E-state index in [1.165, 1.54) is 18.3 Å². The van der Waals surface area contributed by atoms with Crippen molar-refractivity contribution in [2.75, 3.05) is 5.32 Å². The van der Waals surface area contributed by atoms with Gasteiger partial charge in [0.25, 0.3) is 0 Å². The number of fused-ring (bicyclic) bond motifs is 4. The summed E-state index contributed by atoms with van der Waals surface area (Å²) in [5.74, 6) is -0.703. The van der Waals surface area contributed by atoms with E-state index in [1.807, 2.05) is 13.8 Å². The van der Waals surface area contributed by atoms with E-state index < -0.39 is 17.5 Å². The van der Waals surface area contributed by atoms with E-state index in [1.54, 1.807) is 10.7 Å². The van der Waals surface area contributed by atoms with Crippen molar-refractivity contribution in [1.82, 2.24) is 29.5 Å². The summed E-state index contributed by atoms with van der Waals surface area (Å²) in [4.78, 5) is 16.4. The van der Waals surface area contributed by atoms with Crippen molar-refractivity contribution in [1.29, 1.82) is 0 Å². The van der Waals surface area contributed by atoms with Crippen molar-refractivity contribution in [3.8, 4) is 11.4 Å². The molecule has 1 aromatic carbocycles.